The van der Waals surface area contributed by atoms with E-state index in [0.717, 1.165) is 22.8 Å². The maximum atomic E-state index is 5.33. The fraction of sp³-hybridized carbons (Fsp3) is 0.211. The summed E-state index contributed by atoms with van der Waals surface area (Å²) in [6.45, 7) is 2.59. The first kappa shape index (κ1) is 17.5. The Labute approximate surface area is 152 Å². The van der Waals surface area contributed by atoms with Gasteiger partial charge in [0.25, 0.3) is 0 Å². The summed E-state index contributed by atoms with van der Waals surface area (Å²) in [6.07, 6.45) is 3.54. The van der Waals surface area contributed by atoms with Crippen LogP contribution in [0.4, 0.5) is 17.5 Å². The van der Waals surface area contributed by atoms with E-state index in [0.29, 0.717) is 24.0 Å². The lowest BCUT2D eigenvalue weighted by atomic mass is 10.2. The molecule has 0 aliphatic carbocycles. The van der Waals surface area contributed by atoms with Crippen LogP contribution in [0.2, 0.25) is 0 Å². The summed E-state index contributed by atoms with van der Waals surface area (Å²) in [5.41, 5.74) is 2.80. The molecule has 3 aromatic rings. The minimum absolute atomic E-state index is 0.509. The average Bonchev–Trinajstić information content (AvgIpc) is 2.66. The molecular formula is C19H21N5O2. The third kappa shape index (κ3) is 4.38. The molecule has 26 heavy (non-hydrogen) atoms. The molecule has 7 heteroatoms. The van der Waals surface area contributed by atoms with Crippen molar-refractivity contribution in [1.29, 1.82) is 0 Å². The number of rotatable bonds is 7. The van der Waals surface area contributed by atoms with E-state index in [1.165, 1.54) is 0 Å². The topological polar surface area (TPSA) is 81.2 Å². The molecule has 2 N–H and O–H groups in total. The Morgan fingerprint density at radius 1 is 0.923 bits per heavy atom. The molecule has 0 amide bonds. The molecule has 1 aromatic carbocycles. The van der Waals surface area contributed by atoms with E-state index in [1.54, 1.807) is 26.6 Å². The molecule has 2 aromatic heterocycles. The fourth-order valence-electron chi connectivity index (χ4n) is 2.45. The maximum Gasteiger partial charge on any atom is 0.229 e. The molecular weight excluding hydrogens is 330 g/mol. The lowest BCUT2D eigenvalue weighted by molar-refractivity contribution is 0.355. The molecule has 0 saturated carbocycles. The maximum absolute atomic E-state index is 5.33. The van der Waals surface area contributed by atoms with Gasteiger partial charge in [0.05, 0.1) is 14.2 Å². The van der Waals surface area contributed by atoms with Gasteiger partial charge in [-0.1, -0.05) is 0 Å². The van der Waals surface area contributed by atoms with Crippen LogP contribution in [0, 0.1) is 6.92 Å². The molecule has 0 atom stereocenters. The van der Waals surface area contributed by atoms with Gasteiger partial charge in [0, 0.05) is 42.5 Å². The summed E-state index contributed by atoms with van der Waals surface area (Å²) in [6, 6.07) is 11.4. The van der Waals surface area contributed by atoms with Crippen LogP contribution < -0.4 is 20.1 Å². The lowest BCUT2D eigenvalue weighted by Gasteiger charge is -2.12. The van der Waals surface area contributed by atoms with Crippen LogP contribution in [0.25, 0.3) is 0 Å². The number of aryl methyl sites for hydroxylation is 1. The highest BCUT2D eigenvalue weighted by atomic mass is 16.5. The Morgan fingerprint density at radius 2 is 1.69 bits per heavy atom. The van der Waals surface area contributed by atoms with E-state index in [-0.39, 0.29) is 0 Å². The molecule has 0 aliphatic rings. The van der Waals surface area contributed by atoms with Crippen molar-refractivity contribution in [3.05, 3.63) is 60.0 Å². The third-order valence-corrected chi connectivity index (χ3v) is 3.72. The van der Waals surface area contributed by atoms with Crippen LogP contribution in [0.3, 0.4) is 0 Å². The normalized spacial score (nSPS) is 10.3. The second-order valence-electron chi connectivity index (χ2n) is 5.62. The van der Waals surface area contributed by atoms with Crippen LogP contribution in [0.1, 0.15) is 11.3 Å². The number of aromatic nitrogens is 3. The van der Waals surface area contributed by atoms with Gasteiger partial charge in [-0.25, -0.2) is 4.98 Å². The molecule has 134 valence electrons. The van der Waals surface area contributed by atoms with Crippen molar-refractivity contribution in [2.45, 2.75) is 13.5 Å². The Bertz CT molecular complexity index is 871. The van der Waals surface area contributed by atoms with Gasteiger partial charge < -0.3 is 20.1 Å². The number of hydrogen-bond acceptors (Lipinski definition) is 7. The zero-order chi connectivity index (χ0) is 18.4. The summed E-state index contributed by atoms with van der Waals surface area (Å²) in [7, 11) is 3.21. The molecule has 0 fully saturated rings. The summed E-state index contributed by atoms with van der Waals surface area (Å²) in [4.78, 5) is 13.0. The molecule has 0 unspecified atom stereocenters. The Kier molecular flexibility index (Phi) is 5.48. The number of anilines is 3. The van der Waals surface area contributed by atoms with Crippen LogP contribution >= 0.6 is 0 Å². The molecule has 0 radical (unpaired) electrons. The van der Waals surface area contributed by atoms with Gasteiger partial charge in [-0.05, 0) is 36.8 Å². The van der Waals surface area contributed by atoms with Crippen LogP contribution in [0.5, 0.6) is 11.5 Å². The standard InChI is InChI=1S/C19H21N5O2/c1-13-10-18(21-12-14-6-8-20-9-7-14)24-19(22-13)23-15-4-5-16(25-2)17(11-15)26-3/h4-11H,12H2,1-3H3,(H2,21,22,23,24). The number of ether oxygens (including phenoxy) is 2. The van der Waals surface area contributed by atoms with Crippen molar-refractivity contribution in [3.63, 3.8) is 0 Å². The molecule has 0 aliphatic heterocycles. The smallest absolute Gasteiger partial charge is 0.229 e. The first-order valence-corrected chi connectivity index (χ1v) is 8.15. The van der Waals surface area contributed by atoms with Crippen molar-refractivity contribution in [1.82, 2.24) is 15.0 Å². The van der Waals surface area contributed by atoms with Crippen molar-refractivity contribution in [3.8, 4) is 11.5 Å². The molecule has 0 spiro atoms. The minimum atomic E-state index is 0.509. The Balaban J connectivity index is 1.75. The average molecular weight is 351 g/mol. The first-order valence-electron chi connectivity index (χ1n) is 8.15. The van der Waals surface area contributed by atoms with Crippen LogP contribution in [-0.2, 0) is 6.54 Å². The monoisotopic (exact) mass is 351 g/mol. The summed E-state index contributed by atoms with van der Waals surface area (Å²) in [5, 5.41) is 6.51. The van der Waals surface area contributed by atoms with E-state index in [4.69, 9.17) is 9.47 Å². The highest BCUT2D eigenvalue weighted by Crippen LogP contribution is 2.30. The first-order chi connectivity index (χ1) is 12.7. The summed E-state index contributed by atoms with van der Waals surface area (Å²) >= 11 is 0. The Morgan fingerprint density at radius 3 is 2.42 bits per heavy atom. The minimum Gasteiger partial charge on any atom is -0.493 e. The van der Waals surface area contributed by atoms with Gasteiger partial charge in [0.2, 0.25) is 5.95 Å². The van der Waals surface area contributed by atoms with Crippen molar-refractivity contribution in [2.75, 3.05) is 24.9 Å². The van der Waals surface area contributed by atoms with Gasteiger partial charge in [-0.15, -0.1) is 0 Å². The molecule has 0 saturated heterocycles. The number of pyridine rings is 1. The lowest BCUT2D eigenvalue weighted by Crippen LogP contribution is -2.05. The van der Waals surface area contributed by atoms with Crippen LogP contribution in [0.15, 0.2) is 48.8 Å². The van der Waals surface area contributed by atoms with Gasteiger partial charge in [-0.2, -0.15) is 4.98 Å². The van der Waals surface area contributed by atoms with E-state index < -0.39 is 0 Å². The third-order valence-electron chi connectivity index (χ3n) is 3.72. The molecule has 7 nitrogen and oxygen atoms in total. The van der Waals surface area contributed by atoms with E-state index in [1.807, 2.05) is 43.3 Å². The van der Waals surface area contributed by atoms with Crippen molar-refractivity contribution < 1.29 is 9.47 Å². The highest BCUT2D eigenvalue weighted by molar-refractivity contribution is 5.60. The SMILES string of the molecule is COc1ccc(Nc2nc(C)cc(NCc3ccncc3)n2)cc1OC. The highest BCUT2D eigenvalue weighted by Gasteiger charge is 2.07. The van der Waals surface area contributed by atoms with E-state index in [9.17, 15) is 0 Å². The molecule has 3 rings (SSSR count). The largest absolute Gasteiger partial charge is 0.493 e. The molecule has 0 bridgehead atoms. The molecule has 2 heterocycles. The number of hydrogen-bond donors (Lipinski definition) is 2. The zero-order valence-electron chi connectivity index (χ0n) is 15.0. The van der Waals surface area contributed by atoms with E-state index in [2.05, 4.69) is 25.6 Å². The summed E-state index contributed by atoms with van der Waals surface area (Å²) < 4.78 is 10.6. The van der Waals surface area contributed by atoms with Gasteiger partial charge in [0.15, 0.2) is 11.5 Å². The van der Waals surface area contributed by atoms with Gasteiger partial charge >= 0.3 is 0 Å². The van der Waals surface area contributed by atoms with Crippen molar-refractivity contribution >= 4 is 17.5 Å². The second-order valence-corrected chi connectivity index (χ2v) is 5.62. The second kappa shape index (κ2) is 8.15. The predicted octanol–water partition coefficient (Wildman–Crippen LogP) is 3.55. The fourth-order valence-corrected chi connectivity index (χ4v) is 2.45. The number of benzene rings is 1. The van der Waals surface area contributed by atoms with E-state index >= 15 is 0 Å². The summed E-state index contributed by atoms with van der Waals surface area (Å²) in [5.74, 6) is 2.57. The van der Waals surface area contributed by atoms with Gasteiger partial charge in [0.1, 0.15) is 5.82 Å². The van der Waals surface area contributed by atoms with Crippen LogP contribution in [-0.4, -0.2) is 29.2 Å². The number of nitrogens with zero attached hydrogens (tertiary/aromatic N) is 3. The van der Waals surface area contributed by atoms with Gasteiger partial charge in [-0.3, -0.25) is 4.98 Å². The predicted molar refractivity (Wildman–Crippen MR) is 101 cm³/mol. The van der Waals surface area contributed by atoms with Crippen molar-refractivity contribution in [2.24, 2.45) is 0 Å². The quantitative estimate of drug-likeness (QED) is 0.673. The Hall–Kier alpha value is -3.35. The zero-order valence-corrected chi connectivity index (χ0v) is 15.0. The number of nitrogens with one attached hydrogen (secondary N) is 2. The number of methoxy groups -OCH3 is 2.